The molecule has 2 aromatic rings. The van der Waals surface area contributed by atoms with Gasteiger partial charge in [0.15, 0.2) is 11.5 Å². The molecule has 0 atom stereocenters. The maximum Gasteiger partial charge on any atom is 0.283 e. The highest BCUT2D eigenvalue weighted by molar-refractivity contribution is 5.98. The highest BCUT2D eigenvalue weighted by Gasteiger charge is 2.20. The largest absolute Gasteiger partial charge is 0.453 e. The van der Waals surface area contributed by atoms with Crippen LogP contribution in [0.1, 0.15) is 28.7 Å². The summed E-state index contributed by atoms with van der Waals surface area (Å²) in [5.41, 5.74) is 1.30. The molecule has 1 aromatic carbocycles. The Labute approximate surface area is 121 Å². The van der Waals surface area contributed by atoms with Crippen LogP contribution in [-0.4, -0.2) is 20.5 Å². The van der Waals surface area contributed by atoms with Crippen molar-refractivity contribution in [3.8, 4) is 11.5 Å². The van der Waals surface area contributed by atoms with Crippen LogP contribution < -0.4 is 4.74 Å². The van der Waals surface area contributed by atoms with Gasteiger partial charge < -0.3 is 4.74 Å². The highest BCUT2D eigenvalue weighted by Crippen LogP contribution is 2.31. The molecule has 7 heteroatoms. The maximum atomic E-state index is 11.4. The van der Waals surface area contributed by atoms with E-state index in [-0.39, 0.29) is 17.0 Å². The van der Waals surface area contributed by atoms with E-state index in [0.717, 1.165) is 5.69 Å². The fourth-order valence-corrected chi connectivity index (χ4v) is 2.04. The molecule has 0 unspecified atom stereocenters. The zero-order valence-electron chi connectivity index (χ0n) is 12.2. The van der Waals surface area contributed by atoms with E-state index in [4.69, 9.17) is 4.74 Å². The molecule has 0 aliphatic carbocycles. The third kappa shape index (κ3) is 2.76. The molecule has 2 rings (SSSR count). The summed E-state index contributed by atoms with van der Waals surface area (Å²) in [6.07, 6.45) is 0. The van der Waals surface area contributed by atoms with E-state index in [1.807, 2.05) is 6.92 Å². The molecule has 0 aliphatic rings. The second-order valence-corrected chi connectivity index (χ2v) is 4.72. The molecule has 0 saturated heterocycles. The summed E-state index contributed by atoms with van der Waals surface area (Å²) in [5.74, 6) is 0.496. The van der Waals surface area contributed by atoms with Crippen molar-refractivity contribution < 1.29 is 14.5 Å². The van der Waals surface area contributed by atoms with Gasteiger partial charge in [-0.1, -0.05) is 0 Å². The molecule has 0 amide bonds. The molecule has 21 heavy (non-hydrogen) atoms. The number of benzene rings is 1. The smallest absolute Gasteiger partial charge is 0.283 e. The minimum atomic E-state index is -0.591. The van der Waals surface area contributed by atoms with Crippen LogP contribution in [0.5, 0.6) is 11.5 Å². The summed E-state index contributed by atoms with van der Waals surface area (Å²) in [7, 11) is 1.79. The lowest BCUT2D eigenvalue weighted by molar-refractivity contribution is -0.385. The Morgan fingerprint density at radius 3 is 2.52 bits per heavy atom. The van der Waals surface area contributed by atoms with Crippen LogP contribution in [-0.2, 0) is 7.05 Å². The third-order valence-corrected chi connectivity index (χ3v) is 3.21. The van der Waals surface area contributed by atoms with E-state index in [0.29, 0.717) is 17.2 Å². The normalized spacial score (nSPS) is 10.5. The van der Waals surface area contributed by atoms with E-state index in [9.17, 15) is 14.9 Å². The number of ether oxygens (including phenoxy) is 1. The lowest BCUT2D eigenvalue weighted by atomic mass is 10.1. The monoisotopic (exact) mass is 289 g/mol. The van der Waals surface area contributed by atoms with Crippen LogP contribution in [0.2, 0.25) is 0 Å². The first-order valence-corrected chi connectivity index (χ1v) is 6.28. The Morgan fingerprint density at radius 1 is 1.38 bits per heavy atom. The third-order valence-electron chi connectivity index (χ3n) is 3.21. The molecule has 0 aliphatic heterocycles. The highest BCUT2D eigenvalue weighted by atomic mass is 16.6. The van der Waals surface area contributed by atoms with Gasteiger partial charge in [0.25, 0.3) is 5.69 Å². The van der Waals surface area contributed by atoms with Gasteiger partial charge in [-0.15, -0.1) is 0 Å². The number of hydrogen-bond donors (Lipinski definition) is 0. The molecule has 0 saturated carbocycles. The van der Waals surface area contributed by atoms with Crippen LogP contribution in [0, 0.1) is 24.0 Å². The molecule has 7 nitrogen and oxygen atoms in total. The zero-order chi connectivity index (χ0) is 15.7. The SMILES string of the molecule is CC(=O)c1ccc(Oc2c(C)nn(C)c2C)cc1[N+](=O)[O-]. The van der Waals surface area contributed by atoms with E-state index in [1.165, 1.54) is 25.1 Å². The van der Waals surface area contributed by atoms with Crippen LogP contribution in [0.25, 0.3) is 0 Å². The average molecular weight is 289 g/mol. The van der Waals surface area contributed by atoms with E-state index in [1.54, 1.807) is 18.7 Å². The van der Waals surface area contributed by atoms with E-state index < -0.39 is 4.92 Å². The molecule has 0 fully saturated rings. The number of aromatic nitrogens is 2. The molecule has 0 spiro atoms. The number of rotatable bonds is 4. The summed E-state index contributed by atoms with van der Waals surface area (Å²) in [6, 6.07) is 4.19. The number of aryl methyl sites for hydroxylation is 2. The Morgan fingerprint density at radius 2 is 2.05 bits per heavy atom. The van der Waals surface area contributed by atoms with Crippen LogP contribution in [0.4, 0.5) is 5.69 Å². The van der Waals surface area contributed by atoms with Gasteiger partial charge in [0.2, 0.25) is 0 Å². The van der Waals surface area contributed by atoms with Crippen LogP contribution >= 0.6 is 0 Å². The van der Waals surface area contributed by atoms with Crippen molar-refractivity contribution in [2.45, 2.75) is 20.8 Å². The fourth-order valence-electron chi connectivity index (χ4n) is 2.04. The number of Topliss-reactive ketones (excluding diaryl/α,β-unsaturated/α-hetero) is 1. The van der Waals surface area contributed by atoms with Crippen molar-refractivity contribution >= 4 is 11.5 Å². The first-order chi connectivity index (χ1) is 9.81. The maximum absolute atomic E-state index is 11.4. The number of nitro groups is 1. The van der Waals surface area contributed by atoms with Gasteiger partial charge in [0, 0.05) is 7.05 Å². The Kier molecular flexibility index (Phi) is 3.75. The molecule has 1 aromatic heterocycles. The minimum absolute atomic E-state index is 0.0620. The van der Waals surface area contributed by atoms with Gasteiger partial charge in [0.1, 0.15) is 11.4 Å². The summed E-state index contributed by atoms with van der Waals surface area (Å²) in [6.45, 7) is 4.92. The Bertz CT molecular complexity index is 734. The number of carbonyl (C=O) groups is 1. The summed E-state index contributed by atoms with van der Waals surface area (Å²) >= 11 is 0. The van der Waals surface area contributed by atoms with Crippen molar-refractivity contribution in [1.82, 2.24) is 9.78 Å². The molecular formula is C14H15N3O4. The quantitative estimate of drug-likeness (QED) is 0.490. The number of nitrogens with zero attached hydrogens (tertiary/aromatic N) is 3. The number of hydrogen-bond acceptors (Lipinski definition) is 5. The van der Waals surface area contributed by atoms with Gasteiger partial charge >= 0.3 is 0 Å². The van der Waals surface area contributed by atoms with Gasteiger partial charge in [-0.05, 0) is 32.9 Å². The fraction of sp³-hybridized carbons (Fsp3) is 0.286. The number of carbonyl (C=O) groups excluding carboxylic acids is 1. The number of ketones is 1. The van der Waals surface area contributed by atoms with E-state index in [2.05, 4.69) is 5.10 Å². The van der Waals surface area contributed by atoms with Gasteiger partial charge in [-0.2, -0.15) is 5.10 Å². The summed E-state index contributed by atoms with van der Waals surface area (Å²) in [4.78, 5) is 21.9. The lowest BCUT2D eigenvalue weighted by Crippen LogP contribution is -2.00. The van der Waals surface area contributed by atoms with Crippen LogP contribution in [0.3, 0.4) is 0 Å². The molecule has 110 valence electrons. The van der Waals surface area contributed by atoms with Crippen molar-refractivity contribution in [3.63, 3.8) is 0 Å². The Hall–Kier alpha value is -2.70. The zero-order valence-corrected chi connectivity index (χ0v) is 12.2. The average Bonchev–Trinajstić information content (AvgIpc) is 2.65. The second kappa shape index (κ2) is 5.35. The second-order valence-electron chi connectivity index (χ2n) is 4.72. The topological polar surface area (TPSA) is 87.3 Å². The van der Waals surface area contributed by atoms with Gasteiger partial charge in [-0.25, -0.2) is 0 Å². The van der Waals surface area contributed by atoms with Gasteiger partial charge in [-0.3, -0.25) is 19.6 Å². The molecule has 0 bridgehead atoms. The standard InChI is InChI=1S/C14H15N3O4/c1-8-14(9(2)16(4)15-8)21-11-5-6-12(10(3)18)13(7-11)17(19)20/h5-7H,1-4H3. The van der Waals surface area contributed by atoms with Crippen LogP contribution in [0.15, 0.2) is 18.2 Å². The minimum Gasteiger partial charge on any atom is -0.453 e. The predicted octanol–water partition coefficient (Wildman–Crippen LogP) is 2.94. The molecule has 1 heterocycles. The molecule has 0 radical (unpaired) electrons. The van der Waals surface area contributed by atoms with Crippen molar-refractivity contribution in [3.05, 3.63) is 45.3 Å². The number of nitro benzene ring substituents is 1. The van der Waals surface area contributed by atoms with Crippen molar-refractivity contribution in [1.29, 1.82) is 0 Å². The first kappa shape index (κ1) is 14.7. The Balaban J connectivity index is 2.44. The van der Waals surface area contributed by atoms with Gasteiger partial charge in [0.05, 0.1) is 22.2 Å². The van der Waals surface area contributed by atoms with E-state index >= 15 is 0 Å². The molecule has 0 N–H and O–H groups in total. The molecular weight excluding hydrogens is 274 g/mol. The first-order valence-electron chi connectivity index (χ1n) is 6.28. The van der Waals surface area contributed by atoms with Crippen molar-refractivity contribution in [2.24, 2.45) is 7.05 Å². The lowest BCUT2D eigenvalue weighted by Gasteiger charge is -2.07. The van der Waals surface area contributed by atoms with Crippen molar-refractivity contribution in [2.75, 3.05) is 0 Å². The summed E-state index contributed by atoms with van der Waals surface area (Å²) < 4.78 is 7.36. The predicted molar refractivity (Wildman–Crippen MR) is 75.9 cm³/mol. The summed E-state index contributed by atoms with van der Waals surface area (Å²) in [5, 5.41) is 15.3.